The second-order valence-corrected chi connectivity index (χ2v) is 5.50. The van der Waals surface area contributed by atoms with Crippen molar-refractivity contribution in [3.05, 3.63) is 64.2 Å². The quantitative estimate of drug-likeness (QED) is 0.918. The molecule has 1 aliphatic rings. The van der Waals surface area contributed by atoms with Crippen molar-refractivity contribution < 1.29 is 4.74 Å². The van der Waals surface area contributed by atoms with Crippen LogP contribution in [0, 0.1) is 13.8 Å². The van der Waals surface area contributed by atoms with E-state index in [-0.39, 0.29) is 6.04 Å². The van der Waals surface area contributed by atoms with Gasteiger partial charge >= 0.3 is 0 Å². The third-order valence-electron chi connectivity index (χ3n) is 4.21. The highest BCUT2D eigenvalue weighted by molar-refractivity contribution is 5.49. The minimum Gasteiger partial charge on any atom is -0.493 e. The molecule has 0 amide bonds. The minimum atomic E-state index is 0.183. The van der Waals surface area contributed by atoms with Gasteiger partial charge in [-0.15, -0.1) is 0 Å². The molecule has 0 saturated carbocycles. The molecule has 1 atom stereocenters. The smallest absolute Gasteiger partial charge is 0.127 e. The van der Waals surface area contributed by atoms with Crippen LogP contribution in [0.15, 0.2) is 36.4 Å². The fraction of sp³-hybridized carbons (Fsp3) is 0.333. The standard InChI is InChI=1S/C18H21NO/c1-12-7-8-15(11-13(12)2)17(19-3)16-6-4-5-14-9-10-20-18(14)16/h4-8,11,17,19H,9-10H2,1-3H3. The molecule has 0 radical (unpaired) electrons. The first kappa shape index (κ1) is 13.2. The van der Waals surface area contributed by atoms with Gasteiger partial charge in [0.25, 0.3) is 0 Å². The molecule has 0 aromatic heterocycles. The van der Waals surface area contributed by atoms with E-state index in [0.717, 1.165) is 18.8 Å². The van der Waals surface area contributed by atoms with Crippen LogP contribution in [-0.2, 0) is 6.42 Å². The molecule has 0 fully saturated rings. The molecule has 0 aliphatic carbocycles. The van der Waals surface area contributed by atoms with Crippen molar-refractivity contribution in [1.82, 2.24) is 5.32 Å². The molecule has 2 heteroatoms. The summed E-state index contributed by atoms with van der Waals surface area (Å²) in [5.41, 5.74) is 6.52. The van der Waals surface area contributed by atoms with Crippen molar-refractivity contribution in [3.8, 4) is 5.75 Å². The molecule has 20 heavy (non-hydrogen) atoms. The van der Waals surface area contributed by atoms with Crippen LogP contribution < -0.4 is 10.1 Å². The second-order valence-electron chi connectivity index (χ2n) is 5.50. The van der Waals surface area contributed by atoms with Gasteiger partial charge in [-0.25, -0.2) is 0 Å². The van der Waals surface area contributed by atoms with Crippen molar-refractivity contribution in [3.63, 3.8) is 0 Å². The maximum Gasteiger partial charge on any atom is 0.127 e. The molecule has 2 aromatic carbocycles. The molecule has 1 aliphatic heterocycles. The molecule has 2 aromatic rings. The Morgan fingerprint density at radius 2 is 1.95 bits per heavy atom. The summed E-state index contributed by atoms with van der Waals surface area (Å²) in [7, 11) is 2.01. The third kappa shape index (κ3) is 2.20. The van der Waals surface area contributed by atoms with Crippen LogP contribution in [-0.4, -0.2) is 13.7 Å². The summed E-state index contributed by atoms with van der Waals surface area (Å²) in [5, 5.41) is 3.43. The Morgan fingerprint density at radius 1 is 1.10 bits per heavy atom. The van der Waals surface area contributed by atoms with E-state index in [1.54, 1.807) is 0 Å². The van der Waals surface area contributed by atoms with Crippen molar-refractivity contribution in [2.75, 3.05) is 13.7 Å². The first-order valence-electron chi connectivity index (χ1n) is 7.19. The zero-order valence-electron chi connectivity index (χ0n) is 12.4. The van der Waals surface area contributed by atoms with Gasteiger partial charge < -0.3 is 10.1 Å². The van der Waals surface area contributed by atoms with Crippen LogP contribution >= 0.6 is 0 Å². The average molecular weight is 267 g/mol. The zero-order chi connectivity index (χ0) is 14.1. The number of rotatable bonds is 3. The number of ether oxygens (including phenoxy) is 1. The van der Waals surface area contributed by atoms with E-state index in [9.17, 15) is 0 Å². The van der Waals surface area contributed by atoms with E-state index in [1.165, 1.54) is 27.8 Å². The van der Waals surface area contributed by atoms with E-state index < -0.39 is 0 Å². The van der Waals surface area contributed by atoms with Gasteiger partial charge in [0.15, 0.2) is 0 Å². The lowest BCUT2D eigenvalue weighted by atomic mass is 9.94. The van der Waals surface area contributed by atoms with Crippen LogP contribution in [0.2, 0.25) is 0 Å². The lowest BCUT2D eigenvalue weighted by Crippen LogP contribution is -2.18. The van der Waals surface area contributed by atoms with E-state index >= 15 is 0 Å². The van der Waals surface area contributed by atoms with Crippen molar-refractivity contribution in [2.24, 2.45) is 0 Å². The first-order chi connectivity index (χ1) is 9.70. The predicted octanol–water partition coefficient (Wildman–Crippen LogP) is 3.55. The molecule has 2 nitrogen and oxygen atoms in total. The topological polar surface area (TPSA) is 21.3 Å². The van der Waals surface area contributed by atoms with Crippen LogP contribution in [0.25, 0.3) is 0 Å². The minimum absolute atomic E-state index is 0.183. The zero-order valence-corrected chi connectivity index (χ0v) is 12.4. The Hall–Kier alpha value is -1.80. The van der Waals surface area contributed by atoms with Gasteiger partial charge in [0.05, 0.1) is 12.6 Å². The number of nitrogens with one attached hydrogen (secondary N) is 1. The van der Waals surface area contributed by atoms with E-state index in [4.69, 9.17) is 4.74 Å². The molecule has 0 spiro atoms. The summed E-state index contributed by atoms with van der Waals surface area (Å²) in [6.45, 7) is 5.12. The molecular weight excluding hydrogens is 246 g/mol. The van der Waals surface area contributed by atoms with Crippen LogP contribution in [0.4, 0.5) is 0 Å². The van der Waals surface area contributed by atoms with Gasteiger partial charge in [-0.2, -0.15) is 0 Å². The van der Waals surface area contributed by atoms with Gasteiger partial charge in [0, 0.05) is 12.0 Å². The number of fused-ring (bicyclic) bond motifs is 1. The van der Waals surface area contributed by atoms with Gasteiger partial charge in [-0.3, -0.25) is 0 Å². The van der Waals surface area contributed by atoms with Crippen molar-refractivity contribution in [1.29, 1.82) is 0 Å². The Morgan fingerprint density at radius 3 is 2.70 bits per heavy atom. The lowest BCUT2D eigenvalue weighted by molar-refractivity contribution is 0.351. The van der Waals surface area contributed by atoms with Crippen LogP contribution in [0.3, 0.4) is 0 Å². The normalized spacial score (nSPS) is 14.8. The highest BCUT2D eigenvalue weighted by Gasteiger charge is 2.22. The maximum absolute atomic E-state index is 5.85. The Kier molecular flexibility index (Phi) is 3.49. The summed E-state index contributed by atoms with van der Waals surface area (Å²) < 4.78 is 5.85. The molecular formula is C18H21NO. The summed E-state index contributed by atoms with van der Waals surface area (Å²) in [6.07, 6.45) is 1.02. The average Bonchev–Trinajstić information content (AvgIpc) is 2.93. The van der Waals surface area contributed by atoms with Gasteiger partial charge in [-0.1, -0.05) is 36.4 Å². The van der Waals surface area contributed by atoms with Crippen molar-refractivity contribution >= 4 is 0 Å². The SMILES string of the molecule is CNC(c1ccc(C)c(C)c1)c1cccc2c1OCC2. The fourth-order valence-electron chi connectivity index (χ4n) is 2.91. The van der Waals surface area contributed by atoms with E-state index in [1.807, 2.05) is 7.05 Å². The molecule has 1 heterocycles. The monoisotopic (exact) mass is 267 g/mol. The summed E-state index contributed by atoms with van der Waals surface area (Å²) in [6, 6.07) is 13.3. The Bertz CT molecular complexity index is 633. The van der Waals surface area contributed by atoms with E-state index in [0.29, 0.717) is 0 Å². The Labute approximate surface area is 120 Å². The molecule has 0 bridgehead atoms. The molecule has 0 saturated heterocycles. The van der Waals surface area contributed by atoms with Gasteiger partial charge in [0.1, 0.15) is 5.75 Å². The first-order valence-corrected chi connectivity index (χ1v) is 7.19. The summed E-state index contributed by atoms with van der Waals surface area (Å²) in [4.78, 5) is 0. The highest BCUT2D eigenvalue weighted by atomic mass is 16.5. The largest absolute Gasteiger partial charge is 0.493 e. The predicted molar refractivity (Wildman–Crippen MR) is 82.5 cm³/mol. The van der Waals surface area contributed by atoms with Crippen LogP contribution in [0.1, 0.15) is 33.9 Å². The number of aryl methyl sites for hydroxylation is 2. The Balaban J connectivity index is 2.06. The number of hydrogen-bond acceptors (Lipinski definition) is 2. The van der Waals surface area contributed by atoms with Crippen LogP contribution in [0.5, 0.6) is 5.75 Å². The van der Waals surface area contributed by atoms with Gasteiger partial charge in [0.2, 0.25) is 0 Å². The highest BCUT2D eigenvalue weighted by Crippen LogP contribution is 2.36. The summed E-state index contributed by atoms with van der Waals surface area (Å²) >= 11 is 0. The molecule has 104 valence electrons. The number of hydrogen-bond donors (Lipinski definition) is 1. The summed E-state index contributed by atoms with van der Waals surface area (Å²) in [5.74, 6) is 1.07. The lowest BCUT2D eigenvalue weighted by Gasteiger charge is -2.20. The van der Waals surface area contributed by atoms with Crippen molar-refractivity contribution in [2.45, 2.75) is 26.3 Å². The van der Waals surface area contributed by atoms with E-state index in [2.05, 4.69) is 55.6 Å². The third-order valence-corrected chi connectivity index (χ3v) is 4.21. The number of benzene rings is 2. The maximum atomic E-state index is 5.85. The number of para-hydroxylation sites is 1. The molecule has 3 rings (SSSR count). The van der Waals surface area contributed by atoms with Gasteiger partial charge in [-0.05, 0) is 43.1 Å². The molecule has 1 N–H and O–H groups in total. The molecule has 1 unspecified atom stereocenters. The second kappa shape index (κ2) is 5.29. The fourth-order valence-corrected chi connectivity index (χ4v) is 2.91.